The predicted octanol–water partition coefficient (Wildman–Crippen LogP) is 0.568. The van der Waals surface area contributed by atoms with E-state index in [2.05, 4.69) is 0 Å². The highest BCUT2D eigenvalue weighted by molar-refractivity contribution is 7.14. The third kappa shape index (κ3) is 1.82. The van der Waals surface area contributed by atoms with E-state index in [0.717, 1.165) is 11.3 Å². The quantitative estimate of drug-likeness (QED) is 0.316. The van der Waals surface area contributed by atoms with E-state index in [1.807, 2.05) is 5.43 Å². The van der Waals surface area contributed by atoms with Gasteiger partial charge in [0.25, 0.3) is 11.6 Å². The number of aryl methyl sites for hydroxylation is 1. The number of nitrogen functional groups attached to an aromatic ring is 1. The smallest absolute Gasteiger partial charge is 0.283 e. The van der Waals surface area contributed by atoms with Crippen LogP contribution in [0, 0.1) is 17.0 Å². The van der Waals surface area contributed by atoms with E-state index in [1.165, 1.54) is 6.07 Å². The Hall–Kier alpha value is -1.47. The summed E-state index contributed by atoms with van der Waals surface area (Å²) in [6.07, 6.45) is 0. The summed E-state index contributed by atoms with van der Waals surface area (Å²) < 4.78 is 0. The molecule has 7 heteroatoms. The first kappa shape index (κ1) is 9.62. The van der Waals surface area contributed by atoms with Gasteiger partial charge in [0.2, 0.25) is 0 Å². The summed E-state index contributed by atoms with van der Waals surface area (Å²) >= 11 is 1.04. The van der Waals surface area contributed by atoms with Crippen LogP contribution in [0.15, 0.2) is 6.07 Å². The van der Waals surface area contributed by atoms with E-state index in [1.54, 1.807) is 6.92 Å². The van der Waals surface area contributed by atoms with Gasteiger partial charge in [-0.2, -0.15) is 0 Å². The molecule has 0 unspecified atom stereocenters. The summed E-state index contributed by atoms with van der Waals surface area (Å²) in [4.78, 5) is 21.6. The zero-order valence-corrected chi connectivity index (χ0v) is 7.55. The largest absolute Gasteiger partial charge is 0.289 e. The maximum absolute atomic E-state index is 11.0. The number of hydrogen-bond donors (Lipinski definition) is 2. The van der Waals surface area contributed by atoms with Gasteiger partial charge in [0.1, 0.15) is 4.88 Å². The average molecular weight is 201 g/mol. The van der Waals surface area contributed by atoms with Crippen molar-refractivity contribution in [1.29, 1.82) is 0 Å². The van der Waals surface area contributed by atoms with Crippen molar-refractivity contribution in [3.63, 3.8) is 0 Å². The molecule has 0 bridgehead atoms. The molecule has 0 aliphatic carbocycles. The molecule has 13 heavy (non-hydrogen) atoms. The zero-order valence-electron chi connectivity index (χ0n) is 6.73. The number of hydrazine groups is 1. The molecule has 0 fully saturated rings. The first-order valence-corrected chi connectivity index (χ1v) is 4.13. The summed E-state index contributed by atoms with van der Waals surface area (Å²) in [7, 11) is 0. The second-order valence-corrected chi connectivity index (χ2v) is 3.54. The van der Waals surface area contributed by atoms with Gasteiger partial charge >= 0.3 is 0 Å². The molecule has 0 spiro atoms. The van der Waals surface area contributed by atoms with Crippen LogP contribution >= 0.6 is 11.3 Å². The van der Waals surface area contributed by atoms with Crippen LogP contribution in [0.2, 0.25) is 0 Å². The Kier molecular flexibility index (Phi) is 2.59. The van der Waals surface area contributed by atoms with Crippen molar-refractivity contribution in [2.45, 2.75) is 6.92 Å². The molecule has 0 aliphatic heterocycles. The Balaban J connectivity index is 3.09. The maximum atomic E-state index is 11.0. The number of nitro groups is 1. The minimum Gasteiger partial charge on any atom is -0.289 e. The van der Waals surface area contributed by atoms with Gasteiger partial charge in [-0.05, 0) is 6.92 Å². The lowest BCUT2D eigenvalue weighted by Crippen LogP contribution is -2.29. The monoisotopic (exact) mass is 201 g/mol. The summed E-state index contributed by atoms with van der Waals surface area (Å²) in [5, 5.41) is 10.4. The third-order valence-electron chi connectivity index (χ3n) is 1.44. The van der Waals surface area contributed by atoms with Gasteiger partial charge in [0.15, 0.2) is 0 Å². The van der Waals surface area contributed by atoms with Gasteiger partial charge in [0.05, 0.1) is 9.80 Å². The Labute approximate surface area is 77.5 Å². The Morgan fingerprint density at radius 1 is 1.77 bits per heavy atom. The van der Waals surface area contributed by atoms with Crippen LogP contribution in [-0.2, 0) is 0 Å². The molecule has 0 aromatic carbocycles. The molecule has 0 atom stereocenters. The van der Waals surface area contributed by atoms with Crippen molar-refractivity contribution < 1.29 is 9.72 Å². The Bertz CT molecular complexity index is 360. The van der Waals surface area contributed by atoms with Gasteiger partial charge < -0.3 is 0 Å². The lowest BCUT2D eigenvalue weighted by atomic mass is 10.4. The lowest BCUT2D eigenvalue weighted by molar-refractivity contribution is -0.385. The minimum atomic E-state index is -0.529. The van der Waals surface area contributed by atoms with Crippen molar-refractivity contribution in [2.24, 2.45) is 5.84 Å². The van der Waals surface area contributed by atoms with Crippen molar-refractivity contribution in [1.82, 2.24) is 5.43 Å². The highest BCUT2D eigenvalue weighted by Gasteiger charge is 2.18. The number of nitrogens with two attached hydrogens (primary N) is 1. The highest BCUT2D eigenvalue weighted by Crippen LogP contribution is 2.27. The number of carbonyl (C=O) groups excluding carboxylic acids is 1. The fourth-order valence-electron chi connectivity index (χ4n) is 0.837. The SMILES string of the molecule is Cc1sc(C(=O)NN)cc1[N+](=O)[O-]. The molecule has 1 heterocycles. The number of hydrogen-bond acceptors (Lipinski definition) is 5. The molecule has 0 radical (unpaired) electrons. The predicted molar refractivity (Wildman–Crippen MR) is 47.4 cm³/mol. The third-order valence-corrected chi connectivity index (χ3v) is 2.48. The van der Waals surface area contributed by atoms with E-state index in [0.29, 0.717) is 4.88 Å². The highest BCUT2D eigenvalue weighted by atomic mass is 32.1. The molecular weight excluding hydrogens is 194 g/mol. The topological polar surface area (TPSA) is 98.3 Å². The van der Waals surface area contributed by atoms with E-state index in [-0.39, 0.29) is 10.6 Å². The lowest BCUT2D eigenvalue weighted by Gasteiger charge is -1.90. The molecule has 1 rings (SSSR count). The van der Waals surface area contributed by atoms with Crippen LogP contribution in [-0.4, -0.2) is 10.8 Å². The van der Waals surface area contributed by atoms with Gasteiger partial charge in [-0.25, -0.2) is 5.84 Å². The van der Waals surface area contributed by atoms with Crippen LogP contribution in [0.25, 0.3) is 0 Å². The number of nitrogens with one attached hydrogen (secondary N) is 1. The molecule has 1 aromatic heterocycles. The van der Waals surface area contributed by atoms with Crippen LogP contribution in [0.3, 0.4) is 0 Å². The van der Waals surface area contributed by atoms with Crippen molar-refractivity contribution in [3.05, 3.63) is 25.9 Å². The number of nitrogens with zero attached hydrogens (tertiary/aromatic N) is 1. The summed E-state index contributed by atoms with van der Waals surface area (Å²) in [5.41, 5.74) is 1.86. The van der Waals surface area contributed by atoms with Crippen LogP contribution in [0.1, 0.15) is 14.5 Å². The van der Waals surface area contributed by atoms with Crippen LogP contribution in [0.5, 0.6) is 0 Å². The Morgan fingerprint density at radius 3 is 2.77 bits per heavy atom. The summed E-state index contributed by atoms with van der Waals surface area (Å²) in [6.45, 7) is 1.58. The number of amides is 1. The molecule has 0 saturated carbocycles. The second-order valence-electron chi connectivity index (χ2n) is 2.28. The van der Waals surface area contributed by atoms with Gasteiger partial charge in [-0.3, -0.25) is 20.3 Å². The van der Waals surface area contributed by atoms with Gasteiger partial charge in [-0.1, -0.05) is 0 Å². The molecule has 0 aliphatic rings. The number of rotatable bonds is 2. The zero-order chi connectivity index (χ0) is 10.0. The maximum Gasteiger partial charge on any atom is 0.283 e. The fourth-order valence-corrected chi connectivity index (χ4v) is 1.73. The van der Waals surface area contributed by atoms with E-state index < -0.39 is 10.8 Å². The average Bonchev–Trinajstić information content (AvgIpc) is 2.46. The first-order valence-electron chi connectivity index (χ1n) is 3.32. The molecule has 1 amide bonds. The number of carbonyl (C=O) groups is 1. The van der Waals surface area contributed by atoms with Crippen molar-refractivity contribution in [2.75, 3.05) is 0 Å². The molecule has 6 nitrogen and oxygen atoms in total. The van der Waals surface area contributed by atoms with Gasteiger partial charge in [-0.15, -0.1) is 11.3 Å². The summed E-state index contributed by atoms with van der Waals surface area (Å²) in [6, 6.07) is 1.21. The second kappa shape index (κ2) is 3.50. The molecule has 0 saturated heterocycles. The van der Waals surface area contributed by atoms with E-state index in [9.17, 15) is 14.9 Å². The molecular formula is C6H7N3O3S. The fraction of sp³-hybridized carbons (Fsp3) is 0.167. The minimum absolute atomic E-state index is 0.0522. The van der Waals surface area contributed by atoms with E-state index >= 15 is 0 Å². The summed E-state index contributed by atoms with van der Waals surface area (Å²) in [5.74, 6) is 4.36. The molecule has 70 valence electrons. The van der Waals surface area contributed by atoms with Crippen LogP contribution < -0.4 is 11.3 Å². The van der Waals surface area contributed by atoms with E-state index in [4.69, 9.17) is 5.84 Å². The Morgan fingerprint density at radius 2 is 2.38 bits per heavy atom. The van der Waals surface area contributed by atoms with Crippen molar-refractivity contribution >= 4 is 22.9 Å². The van der Waals surface area contributed by atoms with Gasteiger partial charge in [0, 0.05) is 6.07 Å². The number of thiophene rings is 1. The molecule has 3 N–H and O–H groups in total. The van der Waals surface area contributed by atoms with Crippen molar-refractivity contribution in [3.8, 4) is 0 Å². The normalized spacial score (nSPS) is 9.69. The van der Waals surface area contributed by atoms with Crippen LogP contribution in [0.4, 0.5) is 5.69 Å². The molecule has 1 aromatic rings. The standard InChI is InChI=1S/C6H7N3O3S/c1-3-4(9(11)12)2-5(13-3)6(10)8-7/h2H,7H2,1H3,(H,8,10). The first-order chi connectivity index (χ1) is 6.06.